The van der Waals surface area contributed by atoms with Gasteiger partial charge in [0.25, 0.3) is 0 Å². The third kappa shape index (κ3) is 2.21. The van der Waals surface area contributed by atoms with Crippen LogP contribution in [0.25, 0.3) is 0 Å². The molecule has 1 amide bonds. The van der Waals surface area contributed by atoms with E-state index >= 15 is 0 Å². The van der Waals surface area contributed by atoms with Crippen LogP contribution in [-0.2, 0) is 4.79 Å². The second kappa shape index (κ2) is 4.45. The van der Waals surface area contributed by atoms with Crippen molar-refractivity contribution in [1.82, 2.24) is 10.6 Å². The standard InChI is InChI=1S/C9H18N2O/c1-3-4-7(10-2)8-5-6-9(12)11-8/h7-8,10H,3-6H2,1-2H3,(H,11,12). The van der Waals surface area contributed by atoms with Gasteiger partial charge in [0.2, 0.25) is 5.91 Å². The third-order valence-corrected chi connectivity index (χ3v) is 2.48. The molecule has 1 aliphatic heterocycles. The molecule has 2 atom stereocenters. The van der Waals surface area contributed by atoms with Gasteiger partial charge in [-0.3, -0.25) is 4.79 Å². The molecule has 1 rings (SSSR count). The minimum Gasteiger partial charge on any atom is -0.352 e. The van der Waals surface area contributed by atoms with Crippen LogP contribution in [-0.4, -0.2) is 25.0 Å². The van der Waals surface area contributed by atoms with Gasteiger partial charge in [0.1, 0.15) is 0 Å². The molecule has 1 aliphatic rings. The number of carbonyl (C=O) groups is 1. The van der Waals surface area contributed by atoms with E-state index < -0.39 is 0 Å². The minimum atomic E-state index is 0.205. The molecule has 0 spiro atoms. The van der Waals surface area contributed by atoms with Crippen LogP contribution < -0.4 is 10.6 Å². The van der Waals surface area contributed by atoms with E-state index in [2.05, 4.69) is 17.6 Å². The van der Waals surface area contributed by atoms with Crippen molar-refractivity contribution in [1.29, 1.82) is 0 Å². The summed E-state index contributed by atoms with van der Waals surface area (Å²) in [6, 6.07) is 0.823. The summed E-state index contributed by atoms with van der Waals surface area (Å²) in [7, 11) is 1.96. The van der Waals surface area contributed by atoms with Gasteiger partial charge in [-0.2, -0.15) is 0 Å². The fourth-order valence-electron chi connectivity index (χ4n) is 1.80. The largest absolute Gasteiger partial charge is 0.352 e. The van der Waals surface area contributed by atoms with Gasteiger partial charge in [-0.15, -0.1) is 0 Å². The van der Waals surface area contributed by atoms with Crippen LogP contribution in [0, 0.1) is 0 Å². The van der Waals surface area contributed by atoms with Crippen LogP contribution >= 0.6 is 0 Å². The molecule has 0 saturated carbocycles. The van der Waals surface area contributed by atoms with E-state index in [1.807, 2.05) is 7.05 Å². The molecule has 0 radical (unpaired) electrons. The fraction of sp³-hybridized carbons (Fsp3) is 0.889. The fourth-order valence-corrected chi connectivity index (χ4v) is 1.80. The number of rotatable bonds is 4. The normalized spacial score (nSPS) is 25.5. The molecule has 12 heavy (non-hydrogen) atoms. The molecule has 3 heteroatoms. The number of hydrogen-bond donors (Lipinski definition) is 2. The number of carbonyl (C=O) groups excluding carboxylic acids is 1. The van der Waals surface area contributed by atoms with Crippen LogP contribution in [0.2, 0.25) is 0 Å². The van der Waals surface area contributed by atoms with Crippen LogP contribution in [0.5, 0.6) is 0 Å². The first-order chi connectivity index (χ1) is 5.77. The summed E-state index contributed by atoms with van der Waals surface area (Å²) in [4.78, 5) is 10.9. The summed E-state index contributed by atoms with van der Waals surface area (Å²) >= 11 is 0. The van der Waals surface area contributed by atoms with E-state index in [9.17, 15) is 4.79 Å². The Morgan fingerprint density at radius 1 is 1.75 bits per heavy atom. The van der Waals surface area contributed by atoms with Crippen LogP contribution in [0.15, 0.2) is 0 Å². The predicted octanol–water partition coefficient (Wildman–Crippen LogP) is 0.653. The molecule has 70 valence electrons. The number of nitrogens with one attached hydrogen (secondary N) is 2. The first kappa shape index (κ1) is 9.52. The highest BCUT2D eigenvalue weighted by molar-refractivity contribution is 5.78. The average molecular weight is 170 g/mol. The van der Waals surface area contributed by atoms with Crippen molar-refractivity contribution < 1.29 is 4.79 Å². The van der Waals surface area contributed by atoms with Crippen LogP contribution in [0.3, 0.4) is 0 Å². The molecule has 0 aromatic rings. The maximum Gasteiger partial charge on any atom is 0.220 e. The summed E-state index contributed by atoms with van der Waals surface area (Å²) in [6.07, 6.45) is 4.00. The van der Waals surface area contributed by atoms with Gasteiger partial charge in [-0.1, -0.05) is 13.3 Å². The predicted molar refractivity (Wildman–Crippen MR) is 48.9 cm³/mol. The van der Waals surface area contributed by atoms with Crippen molar-refractivity contribution in [2.45, 2.75) is 44.7 Å². The van der Waals surface area contributed by atoms with Gasteiger partial charge in [0.05, 0.1) is 0 Å². The molecule has 1 fully saturated rings. The van der Waals surface area contributed by atoms with E-state index in [0.29, 0.717) is 18.5 Å². The maximum atomic E-state index is 10.9. The molecular weight excluding hydrogens is 152 g/mol. The minimum absolute atomic E-state index is 0.205. The summed E-state index contributed by atoms with van der Waals surface area (Å²) in [5, 5.41) is 6.24. The molecule has 2 unspecified atom stereocenters. The lowest BCUT2D eigenvalue weighted by molar-refractivity contribution is -0.119. The molecular formula is C9H18N2O. The highest BCUT2D eigenvalue weighted by Crippen LogP contribution is 2.13. The van der Waals surface area contributed by atoms with E-state index in [4.69, 9.17) is 0 Å². The van der Waals surface area contributed by atoms with Gasteiger partial charge < -0.3 is 10.6 Å². The zero-order valence-electron chi connectivity index (χ0n) is 7.89. The van der Waals surface area contributed by atoms with Crippen molar-refractivity contribution in [2.75, 3.05) is 7.05 Å². The highest BCUT2D eigenvalue weighted by Gasteiger charge is 2.26. The monoisotopic (exact) mass is 170 g/mol. The summed E-state index contributed by atoms with van der Waals surface area (Å²) in [5.74, 6) is 0.205. The Hall–Kier alpha value is -0.570. The molecule has 0 aromatic carbocycles. The smallest absolute Gasteiger partial charge is 0.220 e. The molecule has 0 bridgehead atoms. The summed E-state index contributed by atoms with van der Waals surface area (Å²) in [5.41, 5.74) is 0. The van der Waals surface area contributed by atoms with Gasteiger partial charge >= 0.3 is 0 Å². The molecule has 0 aliphatic carbocycles. The highest BCUT2D eigenvalue weighted by atomic mass is 16.1. The zero-order chi connectivity index (χ0) is 8.97. The number of amides is 1. The Bertz CT molecular complexity index is 159. The zero-order valence-corrected chi connectivity index (χ0v) is 7.89. The molecule has 1 heterocycles. The number of hydrogen-bond acceptors (Lipinski definition) is 2. The topological polar surface area (TPSA) is 41.1 Å². The molecule has 2 N–H and O–H groups in total. The van der Waals surface area contributed by atoms with Crippen LogP contribution in [0.1, 0.15) is 32.6 Å². The Labute approximate surface area is 73.9 Å². The quantitative estimate of drug-likeness (QED) is 0.650. The first-order valence-corrected chi connectivity index (χ1v) is 4.74. The average Bonchev–Trinajstić information content (AvgIpc) is 2.47. The van der Waals surface area contributed by atoms with Crippen molar-refractivity contribution >= 4 is 5.91 Å². The van der Waals surface area contributed by atoms with Gasteiger partial charge in [0, 0.05) is 18.5 Å². The Morgan fingerprint density at radius 3 is 2.92 bits per heavy atom. The van der Waals surface area contributed by atoms with Crippen molar-refractivity contribution in [3.63, 3.8) is 0 Å². The van der Waals surface area contributed by atoms with Crippen LogP contribution in [0.4, 0.5) is 0 Å². The van der Waals surface area contributed by atoms with Crippen molar-refractivity contribution in [3.8, 4) is 0 Å². The molecule has 1 saturated heterocycles. The number of likely N-dealkylation sites (N-methyl/N-ethyl adjacent to an activating group) is 1. The van der Waals surface area contributed by atoms with Gasteiger partial charge in [-0.25, -0.2) is 0 Å². The Morgan fingerprint density at radius 2 is 2.50 bits per heavy atom. The molecule has 0 aromatic heterocycles. The van der Waals surface area contributed by atoms with E-state index in [0.717, 1.165) is 19.3 Å². The van der Waals surface area contributed by atoms with Crippen molar-refractivity contribution in [2.24, 2.45) is 0 Å². The van der Waals surface area contributed by atoms with Gasteiger partial charge in [0.15, 0.2) is 0 Å². The summed E-state index contributed by atoms with van der Waals surface area (Å²) in [6.45, 7) is 2.17. The van der Waals surface area contributed by atoms with Crippen molar-refractivity contribution in [3.05, 3.63) is 0 Å². The second-order valence-corrected chi connectivity index (χ2v) is 3.40. The Balaban J connectivity index is 2.38. The maximum absolute atomic E-state index is 10.9. The van der Waals surface area contributed by atoms with E-state index in [-0.39, 0.29) is 5.91 Å². The van der Waals surface area contributed by atoms with E-state index in [1.165, 1.54) is 0 Å². The molecule has 3 nitrogen and oxygen atoms in total. The van der Waals surface area contributed by atoms with Gasteiger partial charge in [-0.05, 0) is 19.9 Å². The SMILES string of the molecule is CCCC(NC)C1CCC(=O)N1. The second-order valence-electron chi connectivity index (χ2n) is 3.40. The van der Waals surface area contributed by atoms with E-state index in [1.54, 1.807) is 0 Å². The lowest BCUT2D eigenvalue weighted by atomic mass is 10.0. The summed E-state index contributed by atoms with van der Waals surface area (Å²) < 4.78 is 0. The third-order valence-electron chi connectivity index (χ3n) is 2.48. The Kier molecular flexibility index (Phi) is 3.53. The lowest BCUT2D eigenvalue weighted by Gasteiger charge is -2.22. The lowest BCUT2D eigenvalue weighted by Crippen LogP contribution is -2.44. The first-order valence-electron chi connectivity index (χ1n) is 4.74.